The van der Waals surface area contributed by atoms with Gasteiger partial charge in [-0.15, -0.1) is 0 Å². The Morgan fingerprint density at radius 3 is 2.44 bits per heavy atom. The maximum atomic E-state index is 13.1. The molecule has 136 valence electrons. The number of carbonyl (C=O) groups is 1. The minimum absolute atomic E-state index is 0.234. The van der Waals surface area contributed by atoms with E-state index in [0.717, 1.165) is 24.6 Å². The van der Waals surface area contributed by atoms with Gasteiger partial charge in [0.05, 0.1) is 0 Å². The van der Waals surface area contributed by atoms with Gasteiger partial charge in [0.25, 0.3) is 5.91 Å². The minimum atomic E-state index is 0.234. The number of hydrogen-bond donors (Lipinski definition) is 0. The summed E-state index contributed by atoms with van der Waals surface area (Å²) >= 11 is 0. The third-order valence-corrected chi connectivity index (χ3v) is 6.66. The molecule has 3 heteroatoms. The molecule has 5 rings (SSSR count). The van der Waals surface area contributed by atoms with Gasteiger partial charge in [0.2, 0.25) is 0 Å². The molecule has 1 saturated carbocycles. The van der Waals surface area contributed by atoms with Crippen LogP contribution in [0.3, 0.4) is 0 Å². The van der Waals surface area contributed by atoms with Crippen LogP contribution in [0.4, 0.5) is 0 Å². The average Bonchev–Trinajstić information content (AvgIpc) is 2.89. The fourth-order valence-corrected chi connectivity index (χ4v) is 4.77. The molecule has 1 aromatic rings. The van der Waals surface area contributed by atoms with E-state index in [1.807, 2.05) is 12.1 Å². The van der Waals surface area contributed by atoms with Crippen molar-refractivity contribution in [1.29, 1.82) is 0 Å². The number of rotatable bonds is 4. The van der Waals surface area contributed by atoms with Gasteiger partial charge in [-0.2, -0.15) is 0 Å². The molecule has 2 bridgehead atoms. The van der Waals surface area contributed by atoms with Crippen LogP contribution >= 0.6 is 0 Å². The molecule has 1 aromatic carbocycles. The molecule has 4 fully saturated rings. The molecular formula is C22H32N2O. The van der Waals surface area contributed by atoms with Gasteiger partial charge >= 0.3 is 0 Å². The number of benzene rings is 1. The molecule has 3 saturated heterocycles. The molecule has 25 heavy (non-hydrogen) atoms. The van der Waals surface area contributed by atoms with Crippen molar-refractivity contribution in [1.82, 2.24) is 9.80 Å². The van der Waals surface area contributed by atoms with Crippen LogP contribution in [0, 0.1) is 11.8 Å². The first-order chi connectivity index (χ1) is 12.1. The van der Waals surface area contributed by atoms with E-state index in [4.69, 9.17) is 0 Å². The fourth-order valence-electron chi connectivity index (χ4n) is 4.77. The summed E-state index contributed by atoms with van der Waals surface area (Å²) in [5.74, 6) is 2.33. The summed E-state index contributed by atoms with van der Waals surface area (Å²) in [4.78, 5) is 17.9. The Balaban J connectivity index is 1.44. The maximum Gasteiger partial charge on any atom is 0.253 e. The second-order valence-corrected chi connectivity index (χ2v) is 8.83. The normalized spacial score (nSPS) is 27.4. The summed E-state index contributed by atoms with van der Waals surface area (Å²) in [6.45, 7) is 8.74. The van der Waals surface area contributed by atoms with Gasteiger partial charge < -0.3 is 4.90 Å². The smallest absolute Gasteiger partial charge is 0.253 e. The zero-order valence-corrected chi connectivity index (χ0v) is 15.8. The second-order valence-electron chi connectivity index (χ2n) is 8.83. The van der Waals surface area contributed by atoms with Gasteiger partial charge in [-0.25, -0.2) is 0 Å². The highest BCUT2D eigenvalue weighted by Gasteiger charge is 2.37. The summed E-state index contributed by atoms with van der Waals surface area (Å²) in [5, 5.41) is 0. The van der Waals surface area contributed by atoms with Gasteiger partial charge in [-0.1, -0.05) is 32.4 Å². The highest BCUT2D eigenvalue weighted by Crippen LogP contribution is 2.33. The lowest BCUT2D eigenvalue weighted by molar-refractivity contribution is 0.0717. The third-order valence-electron chi connectivity index (χ3n) is 6.66. The SMILES string of the molecule is CC(C)c1ccc(C(=O)N2C[C@@H]3CC[C@H](C2)N(CC2CCC2)C3)cc1. The number of fused-ring (bicyclic) bond motifs is 4. The molecular weight excluding hydrogens is 308 g/mol. The van der Waals surface area contributed by atoms with Crippen LogP contribution in [0.15, 0.2) is 24.3 Å². The summed E-state index contributed by atoms with van der Waals surface area (Å²) < 4.78 is 0. The number of piperidine rings is 1. The van der Waals surface area contributed by atoms with E-state index in [1.165, 1.54) is 50.8 Å². The largest absolute Gasteiger partial charge is 0.337 e. The Morgan fingerprint density at radius 1 is 1.04 bits per heavy atom. The van der Waals surface area contributed by atoms with Crippen LogP contribution in [-0.2, 0) is 0 Å². The molecule has 0 spiro atoms. The van der Waals surface area contributed by atoms with E-state index in [-0.39, 0.29) is 5.91 Å². The van der Waals surface area contributed by atoms with E-state index < -0.39 is 0 Å². The van der Waals surface area contributed by atoms with Gasteiger partial charge in [0.15, 0.2) is 0 Å². The first-order valence-corrected chi connectivity index (χ1v) is 10.2. The van der Waals surface area contributed by atoms with Crippen LogP contribution in [0.2, 0.25) is 0 Å². The van der Waals surface area contributed by atoms with Crippen molar-refractivity contribution in [3.05, 3.63) is 35.4 Å². The quantitative estimate of drug-likeness (QED) is 0.822. The lowest BCUT2D eigenvalue weighted by atomic mass is 9.83. The molecule has 1 aliphatic carbocycles. The van der Waals surface area contributed by atoms with Gasteiger partial charge in [-0.3, -0.25) is 9.69 Å². The predicted molar refractivity (Wildman–Crippen MR) is 102 cm³/mol. The van der Waals surface area contributed by atoms with Crippen molar-refractivity contribution in [3.8, 4) is 0 Å². The minimum Gasteiger partial charge on any atom is -0.337 e. The number of hydrogen-bond acceptors (Lipinski definition) is 2. The van der Waals surface area contributed by atoms with Gasteiger partial charge in [-0.05, 0) is 61.1 Å². The third kappa shape index (κ3) is 3.62. The van der Waals surface area contributed by atoms with Crippen molar-refractivity contribution >= 4 is 5.91 Å². The molecule has 4 aliphatic rings. The van der Waals surface area contributed by atoms with Crippen molar-refractivity contribution in [3.63, 3.8) is 0 Å². The van der Waals surface area contributed by atoms with E-state index >= 15 is 0 Å². The zero-order chi connectivity index (χ0) is 17.4. The summed E-state index contributed by atoms with van der Waals surface area (Å²) in [6, 6.07) is 8.87. The first kappa shape index (κ1) is 17.1. The summed E-state index contributed by atoms with van der Waals surface area (Å²) in [6.07, 6.45) is 6.82. The Bertz CT molecular complexity index is 605. The molecule has 3 nitrogen and oxygen atoms in total. The second kappa shape index (κ2) is 7.11. The van der Waals surface area contributed by atoms with Crippen LogP contribution in [0.1, 0.15) is 67.8 Å². The lowest BCUT2D eigenvalue weighted by Gasteiger charge is -2.40. The van der Waals surface area contributed by atoms with Gasteiger partial charge in [0, 0.05) is 37.8 Å². The summed E-state index contributed by atoms with van der Waals surface area (Å²) in [7, 11) is 0. The van der Waals surface area contributed by atoms with Crippen LogP contribution in [0.5, 0.6) is 0 Å². The maximum absolute atomic E-state index is 13.1. The highest BCUT2D eigenvalue weighted by atomic mass is 16.2. The molecule has 0 radical (unpaired) electrons. The monoisotopic (exact) mass is 340 g/mol. The Hall–Kier alpha value is -1.35. The lowest BCUT2D eigenvalue weighted by Crippen LogP contribution is -2.47. The Labute approximate surface area is 152 Å². The topological polar surface area (TPSA) is 23.6 Å². The van der Waals surface area contributed by atoms with E-state index in [1.54, 1.807) is 0 Å². The van der Waals surface area contributed by atoms with Crippen molar-refractivity contribution in [2.24, 2.45) is 11.8 Å². The van der Waals surface area contributed by atoms with Crippen molar-refractivity contribution in [2.45, 2.75) is 57.9 Å². The highest BCUT2D eigenvalue weighted by molar-refractivity contribution is 5.94. The van der Waals surface area contributed by atoms with E-state index in [9.17, 15) is 4.79 Å². The standard InChI is InChI=1S/C22H32N2O/c1-16(2)19-7-9-20(10-8-19)22(25)24-14-18-6-11-21(15-24)23(13-18)12-17-4-3-5-17/h7-10,16-18,21H,3-6,11-15H2,1-2H3/t18-,21-/m1/s1. The average molecular weight is 341 g/mol. The van der Waals surface area contributed by atoms with Crippen LogP contribution in [0.25, 0.3) is 0 Å². The Morgan fingerprint density at radius 2 is 1.80 bits per heavy atom. The summed E-state index contributed by atoms with van der Waals surface area (Å²) in [5.41, 5.74) is 2.16. The molecule has 0 aromatic heterocycles. The van der Waals surface area contributed by atoms with E-state index in [2.05, 4.69) is 35.8 Å². The van der Waals surface area contributed by atoms with Gasteiger partial charge in [0.1, 0.15) is 0 Å². The van der Waals surface area contributed by atoms with Crippen molar-refractivity contribution in [2.75, 3.05) is 26.2 Å². The Kier molecular flexibility index (Phi) is 4.86. The number of amides is 1. The van der Waals surface area contributed by atoms with Crippen molar-refractivity contribution < 1.29 is 4.79 Å². The zero-order valence-electron chi connectivity index (χ0n) is 15.8. The fraction of sp³-hybridized carbons (Fsp3) is 0.682. The van der Waals surface area contributed by atoms with Crippen LogP contribution < -0.4 is 0 Å². The molecule has 2 atom stereocenters. The molecule has 0 unspecified atom stereocenters. The molecule has 1 amide bonds. The first-order valence-electron chi connectivity index (χ1n) is 10.2. The van der Waals surface area contributed by atoms with E-state index in [0.29, 0.717) is 17.9 Å². The predicted octanol–water partition coefficient (Wildman–Crippen LogP) is 4.15. The number of carbonyl (C=O) groups excluding carboxylic acids is 1. The number of nitrogens with zero attached hydrogens (tertiary/aromatic N) is 2. The van der Waals surface area contributed by atoms with Crippen LogP contribution in [-0.4, -0.2) is 47.9 Å². The molecule has 3 heterocycles. The molecule has 0 N–H and O–H groups in total. The molecule has 3 aliphatic heterocycles.